The maximum atomic E-state index is 12.8. The molecule has 1 aliphatic heterocycles. The van der Waals surface area contributed by atoms with Gasteiger partial charge in [0, 0.05) is 24.5 Å². The van der Waals surface area contributed by atoms with Crippen LogP contribution in [0.15, 0.2) is 54.9 Å². The highest BCUT2D eigenvalue weighted by Crippen LogP contribution is 2.28. The number of hydrogen-bond donors (Lipinski definition) is 0. The predicted octanol–water partition coefficient (Wildman–Crippen LogP) is 3.32. The molecule has 23 heavy (non-hydrogen) atoms. The average Bonchev–Trinajstić information content (AvgIpc) is 2.62. The number of carbonyl (C=O) groups is 1. The molecule has 0 N–H and O–H groups in total. The van der Waals surface area contributed by atoms with Gasteiger partial charge in [-0.2, -0.15) is 0 Å². The third-order valence-corrected chi connectivity index (χ3v) is 4.26. The lowest BCUT2D eigenvalue weighted by atomic mass is 10.0. The average molecular weight is 310 g/mol. The second kappa shape index (κ2) is 6.92. The van der Waals surface area contributed by atoms with Crippen molar-refractivity contribution in [2.45, 2.75) is 26.1 Å². The van der Waals surface area contributed by atoms with E-state index in [1.165, 1.54) is 0 Å². The fraction of sp³-hybridized carbons (Fsp3) is 0.368. The van der Waals surface area contributed by atoms with Crippen LogP contribution in [0.25, 0.3) is 0 Å². The van der Waals surface area contributed by atoms with Gasteiger partial charge in [-0.3, -0.25) is 9.78 Å². The van der Waals surface area contributed by atoms with Crippen molar-refractivity contribution in [3.63, 3.8) is 0 Å². The van der Waals surface area contributed by atoms with E-state index in [-0.39, 0.29) is 18.1 Å². The zero-order chi connectivity index (χ0) is 16.2. The third kappa shape index (κ3) is 3.59. The Kier molecular flexibility index (Phi) is 4.72. The molecule has 2 aromatic rings. The summed E-state index contributed by atoms with van der Waals surface area (Å²) in [6.07, 6.45) is 3.27. The first-order valence-corrected chi connectivity index (χ1v) is 8.05. The highest BCUT2D eigenvalue weighted by molar-refractivity contribution is 5.94. The lowest BCUT2D eigenvalue weighted by Crippen LogP contribution is -2.48. The van der Waals surface area contributed by atoms with Gasteiger partial charge in [0.05, 0.1) is 12.6 Å². The quantitative estimate of drug-likeness (QED) is 0.873. The Morgan fingerprint density at radius 2 is 1.83 bits per heavy atom. The molecule has 0 unspecified atom stereocenters. The largest absolute Gasteiger partial charge is 0.366 e. The van der Waals surface area contributed by atoms with Crippen molar-refractivity contribution >= 4 is 5.91 Å². The second-order valence-electron chi connectivity index (χ2n) is 6.26. The van der Waals surface area contributed by atoms with Gasteiger partial charge in [-0.15, -0.1) is 0 Å². The van der Waals surface area contributed by atoms with Crippen LogP contribution in [0.1, 0.15) is 35.9 Å². The van der Waals surface area contributed by atoms with Crippen molar-refractivity contribution in [1.82, 2.24) is 9.88 Å². The van der Waals surface area contributed by atoms with Crippen LogP contribution in [0.4, 0.5) is 0 Å². The van der Waals surface area contributed by atoms with Crippen LogP contribution >= 0.6 is 0 Å². The van der Waals surface area contributed by atoms with Crippen molar-refractivity contribution in [1.29, 1.82) is 0 Å². The topological polar surface area (TPSA) is 42.4 Å². The molecule has 1 saturated heterocycles. The van der Waals surface area contributed by atoms with E-state index in [4.69, 9.17) is 4.74 Å². The van der Waals surface area contributed by atoms with Crippen LogP contribution in [0.2, 0.25) is 0 Å². The zero-order valence-electron chi connectivity index (χ0n) is 13.6. The lowest BCUT2D eigenvalue weighted by molar-refractivity contribution is -0.0954. The number of rotatable bonds is 3. The van der Waals surface area contributed by atoms with E-state index in [0.717, 1.165) is 5.56 Å². The molecule has 2 heterocycles. The summed E-state index contributed by atoms with van der Waals surface area (Å²) >= 11 is 0. The molecule has 0 bridgehead atoms. The summed E-state index contributed by atoms with van der Waals surface area (Å²) in [5, 5.41) is 0. The number of aromatic nitrogens is 1. The van der Waals surface area contributed by atoms with Gasteiger partial charge < -0.3 is 9.64 Å². The second-order valence-corrected chi connectivity index (χ2v) is 6.26. The summed E-state index contributed by atoms with van der Waals surface area (Å²) in [7, 11) is 0. The van der Waals surface area contributed by atoms with Crippen LogP contribution < -0.4 is 0 Å². The van der Waals surface area contributed by atoms with Gasteiger partial charge in [0.1, 0.15) is 6.10 Å². The number of morpholine rings is 1. The van der Waals surface area contributed by atoms with E-state index in [0.29, 0.717) is 24.6 Å². The van der Waals surface area contributed by atoms with Crippen LogP contribution in [0.5, 0.6) is 0 Å². The SMILES string of the molecule is CC(C)[C@H]1CN(C(=O)c2ccncc2)C[C@@H](c2ccccc2)O1. The Labute approximate surface area is 137 Å². The first kappa shape index (κ1) is 15.7. The fourth-order valence-corrected chi connectivity index (χ4v) is 2.85. The number of hydrogen-bond acceptors (Lipinski definition) is 3. The van der Waals surface area contributed by atoms with Gasteiger partial charge in [0.25, 0.3) is 5.91 Å². The number of nitrogens with zero attached hydrogens (tertiary/aromatic N) is 2. The van der Waals surface area contributed by atoms with Gasteiger partial charge in [-0.25, -0.2) is 0 Å². The summed E-state index contributed by atoms with van der Waals surface area (Å²) in [4.78, 5) is 18.7. The first-order chi connectivity index (χ1) is 11.1. The van der Waals surface area contributed by atoms with Crippen LogP contribution in [0.3, 0.4) is 0 Å². The van der Waals surface area contributed by atoms with E-state index in [1.807, 2.05) is 23.1 Å². The molecule has 120 valence electrons. The number of carbonyl (C=O) groups excluding carboxylic acids is 1. The minimum absolute atomic E-state index is 0.0414. The summed E-state index contributed by atoms with van der Waals surface area (Å²) in [5.74, 6) is 0.400. The maximum Gasteiger partial charge on any atom is 0.254 e. The van der Waals surface area contributed by atoms with Crippen LogP contribution in [-0.4, -0.2) is 35.0 Å². The van der Waals surface area contributed by atoms with Crippen molar-refractivity contribution < 1.29 is 9.53 Å². The highest BCUT2D eigenvalue weighted by atomic mass is 16.5. The van der Waals surface area contributed by atoms with Gasteiger partial charge in [-0.05, 0) is 23.6 Å². The first-order valence-electron chi connectivity index (χ1n) is 8.05. The molecule has 3 rings (SSSR count). The number of pyridine rings is 1. The molecular formula is C19H22N2O2. The molecule has 2 atom stereocenters. The normalized spacial score (nSPS) is 21.4. The van der Waals surface area contributed by atoms with E-state index in [1.54, 1.807) is 24.5 Å². The zero-order valence-corrected chi connectivity index (χ0v) is 13.6. The lowest BCUT2D eigenvalue weighted by Gasteiger charge is -2.40. The molecule has 1 aliphatic rings. The smallest absolute Gasteiger partial charge is 0.254 e. The van der Waals surface area contributed by atoms with Crippen molar-refractivity contribution in [3.8, 4) is 0 Å². The van der Waals surface area contributed by atoms with Gasteiger partial charge in [0.2, 0.25) is 0 Å². The molecule has 0 saturated carbocycles. The van der Waals surface area contributed by atoms with E-state index in [2.05, 4.69) is 31.0 Å². The maximum absolute atomic E-state index is 12.8. The molecule has 0 aliphatic carbocycles. The molecule has 4 heteroatoms. The standard InChI is InChI=1S/C19H22N2O2/c1-14(2)17-12-21(19(22)16-8-10-20-11-9-16)13-18(23-17)15-6-4-3-5-7-15/h3-11,14,17-18H,12-13H2,1-2H3/t17-,18+/m1/s1. The van der Waals surface area contributed by atoms with Crippen molar-refractivity contribution in [2.75, 3.05) is 13.1 Å². The molecule has 0 radical (unpaired) electrons. The number of amides is 1. The highest BCUT2D eigenvalue weighted by Gasteiger charge is 2.33. The predicted molar refractivity (Wildman–Crippen MR) is 89.0 cm³/mol. The Morgan fingerprint density at radius 1 is 1.13 bits per heavy atom. The van der Waals surface area contributed by atoms with Crippen LogP contribution in [-0.2, 0) is 4.74 Å². The van der Waals surface area contributed by atoms with E-state index >= 15 is 0 Å². The minimum Gasteiger partial charge on any atom is -0.366 e. The molecule has 4 nitrogen and oxygen atoms in total. The minimum atomic E-state index is -0.0804. The van der Waals surface area contributed by atoms with Crippen LogP contribution in [0, 0.1) is 5.92 Å². The van der Waals surface area contributed by atoms with Gasteiger partial charge >= 0.3 is 0 Å². The molecule has 1 aromatic heterocycles. The molecule has 1 fully saturated rings. The Morgan fingerprint density at radius 3 is 2.48 bits per heavy atom. The van der Waals surface area contributed by atoms with Crippen molar-refractivity contribution in [2.24, 2.45) is 5.92 Å². The Hall–Kier alpha value is -2.20. The molecule has 1 amide bonds. The summed E-state index contributed by atoms with van der Waals surface area (Å²) in [6.45, 7) is 5.47. The Bertz CT molecular complexity index is 643. The molecule has 1 aromatic carbocycles. The van der Waals surface area contributed by atoms with E-state index < -0.39 is 0 Å². The number of ether oxygens (including phenoxy) is 1. The summed E-state index contributed by atoms with van der Waals surface area (Å²) in [5.41, 5.74) is 1.79. The summed E-state index contributed by atoms with van der Waals surface area (Å²) in [6, 6.07) is 13.6. The monoisotopic (exact) mass is 310 g/mol. The fourth-order valence-electron chi connectivity index (χ4n) is 2.85. The number of benzene rings is 1. The van der Waals surface area contributed by atoms with Gasteiger partial charge in [0.15, 0.2) is 0 Å². The molecule has 0 spiro atoms. The third-order valence-electron chi connectivity index (χ3n) is 4.26. The summed E-state index contributed by atoms with van der Waals surface area (Å²) < 4.78 is 6.24. The van der Waals surface area contributed by atoms with E-state index in [9.17, 15) is 4.79 Å². The van der Waals surface area contributed by atoms with Gasteiger partial charge in [-0.1, -0.05) is 44.2 Å². The molecular weight excluding hydrogens is 288 g/mol. The van der Waals surface area contributed by atoms with Crippen molar-refractivity contribution in [3.05, 3.63) is 66.0 Å². The Balaban J connectivity index is 1.84.